The highest BCUT2D eigenvalue weighted by atomic mass is 19.1. The van der Waals surface area contributed by atoms with Crippen LogP contribution in [0.25, 0.3) is 21.8 Å². The maximum atomic E-state index is 14.6. The Morgan fingerprint density at radius 3 is 2.50 bits per heavy atom. The highest BCUT2D eigenvalue weighted by Crippen LogP contribution is 2.22. The first-order valence-corrected chi connectivity index (χ1v) is 9.25. The topological polar surface area (TPSA) is 34.5 Å². The molecule has 0 atom stereocenters. The fourth-order valence-corrected chi connectivity index (χ4v) is 3.80. The number of nitrogens with zero attached hydrogens (tertiary/aromatic N) is 2. The molecule has 1 aromatic heterocycles. The molecule has 2 aromatic carbocycles. The molecule has 1 saturated heterocycles. The van der Waals surface area contributed by atoms with Crippen molar-refractivity contribution in [3.05, 3.63) is 58.5 Å². The lowest BCUT2D eigenvalue weighted by Crippen LogP contribution is -2.36. The summed E-state index contributed by atoms with van der Waals surface area (Å²) < 4.78 is 21.9. The lowest BCUT2D eigenvalue weighted by molar-refractivity contribution is 0.0371. The van der Waals surface area contributed by atoms with Gasteiger partial charge in [-0.15, -0.1) is 0 Å². The minimum atomic E-state index is -0.335. The van der Waals surface area contributed by atoms with Gasteiger partial charge in [-0.3, -0.25) is 9.69 Å². The Bertz CT molecular complexity index is 977. The first-order chi connectivity index (χ1) is 12.8. The fourth-order valence-electron chi connectivity index (χ4n) is 3.80. The number of pyridine rings is 1. The van der Waals surface area contributed by atoms with E-state index in [0.717, 1.165) is 51.2 Å². The third-order valence-corrected chi connectivity index (χ3v) is 5.15. The third-order valence-electron chi connectivity index (χ3n) is 5.15. The molecule has 0 N–H and O–H groups in total. The van der Waals surface area contributed by atoms with Crippen LogP contribution in [0.5, 0.6) is 0 Å². The molecule has 0 bridgehead atoms. The number of fused-ring (bicyclic) bond motifs is 2. The van der Waals surface area contributed by atoms with Crippen LogP contribution in [0.4, 0.5) is 4.39 Å². The van der Waals surface area contributed by atoms with Crippen molar-refractivity contribution in [2.24, 2.45) is 0 Å². The first-order valence-electron chi connectivity index (χ1n) is 9.25. The molecule has 0 unspecified atom stereocenters. The average molecular weight is 354 g/mol. The number of unbranched alkanes of at least 4 members (excludes halogenated alkanes) is 1. The minimum absolute atomic E-state index is 0.0975. The normalized spacial score (nSPS) is 15.7. The van der Waals surface area contributed by atoms with Gasteiger partial charge in [0.05, 0.1) is 24.2 Å². The van der Waals surface area contributed by atoms with Crippen LogP contribution >= 0.6 is 0 Å². The van der Waals surface area contributed by atoms with Crippen molar-refractivity contribution in [3.63, 3.8) is 0 Å². The second-order valence-electron chi connectivity index (χ2n) is 6.80. The smallest absolute Gasteiger partial charge is 0.197 e. The molecule has 26 heavy (non-hydrogen) atoms. The molecule has 5 heteroatoms. The number of para-hydroxylation sites is 2. The number of aryl methyl sites for hydroxylation is 1. The fraction of sp³-hybridized carbons (Fsp3) is 0.381. The van der Waals surface area contributed by atoms with Crippen molar-refractivity contribution in [2.75, 3.05) is 32.8 Å². The van der Waals surface area contributed by atoms with Gasteiger partial charge in [-0.25, -0.2) is 4.39 Å². The number of ether oxygens (including phenoxy) is 1. The summed E-state index contributed by atoms with van der Waals surface area (Å²) in [5, 5.41) is 1.11. The Morgan fingerprint density at radius 2 is 1.65 bits per heavy atom. The molecule has 4 nitrogen and oxygen atoms in total. The second kappa shape index (κ2) is 7.56. The molecule has 4 rings (SSSR count). The van der Waals surface area contributed by atoms with Gasteiger partial charge in [0.1, 0.15) is 5.82 Å². The summed E-state index contributed by atoms with van der Waals surface area (Å²) in [4.78, 5) is 15.1. The summed E-state index contributed by atoms with van der Waals surface area (Å²) in [6.45, 7) is 5.31. The van der Waals surface area contributed by atoms with E-state index in [-0.39, 0.29) is 11.2 Å². The Labute approximate surface area is 151 Å². The number of halogens is 1. The Hall–Kier alpha value is -2.24. The van der Waals surface area contributed by atoms with E-state index >= 15 is 0 Å². The van der Waals surface area contributed by atoms with Gasteiger partial charge in [0.15, 0.2) is 5.43 Å². The van der Waals surface area contributed by atoms with Crippen molar-refractivity contribution in [3.8, 4) is 0 Å². The van der Waals surface area contributed by atoms with E-state index in [1.165, 1.54) is 6.07 Å². The monoisotopic (exact) mass is 354 g/mol. The van der Waals surface area contributed by atoms with Crippen molar-refractivity contribution < 1.29 is 9.13 Å². The van der Waals surface area contributed by atoms with Crippen molar-refractivity contribution in [2.45, 2.75) is 19.4 Å². The van der Waals surface area contributed by atoms with E-state index in [9.17, 15) is 9.18 Å². The van der Waals surface area contributed by atoms with E-state index in [4.69, 9.17) is 4.74 Å². The van der Waals surface area contributed by atoms with Crippen LogP contribution in [0.1, 0.15) is 12.8 Å². The van der Waals surface area contributed by atoms with Gasteiger partial charge < -0.3 is 9.30 Å². The molecule has 0 radical (unpaired) electrons. The molecule has 0 aliphatic carbocycles. The van der Waals surface area contributed by atoms with Gasteiger partial charge in [-0.05, 0) is 43.7 Å². The van der Waals surface area contributed by atoms with Crippen LogP contribution in [0, 0.1) is 5.82 Å². The summed E-state index contributed by atoms with van der Waals surface area (Å²) in [6.07, 6.45) is 1.98. The standard InChI is InChI=1S/C21H23FN2O2/c22-18-8-5-7-17-20(18)24(19-9-2-1-6-16(19)21(17)25)11-4-3-10-23-12-14-26-15-13-23/h1-2,5-9H,3-4,10-15H2. The summed E-state index contributed by atoms with van der Waals surface area (Å²) in [5.41, 5.74) is 1.13. The van der Waals surface area contributed by atoms with E-state index in [0.29, 0.717) is 22.8 Å². The van der Waals surface area contributed by atoms with Gasteiger partial charge in [-0.2, -0.15) is 0 Å². The van der Waals surface area contributed by atoms with Crippen molar-refractivity contribution in [1.29, 1.82) is 0 Å². The molecule has 3 aromatic rings. The molecule has 1 aliphatic heterocycles. The summed E-state index contributed by atoms with van der Waals surface area (Å²) in [6, 6.07) is 12.3. The highest BCUT2D eigenvalue weighted by molar-refractivity contribution is 5.93. The summed E-state index contributed by atoms with van der Waals surface area (Å²) in [5.74, 6) is -0.335. The Morgan fingerprint density at radius 1 is 0.923 bits per heavy atom. The molecule has 2 heterocycles. The van der Waals surface area contributed by atoms with Crippen molar-refractivity contribution >= 4 is 21.8 Å². The van der Waals surface area contributed by atoms with Gasteiger partial charge >= 0.3 is 0 Å². The number of hydrogen-bond acceptors (Lipinski definition) is 3. The number of rotatable bonds is 5. The zero-order chi connectivity index (χ0) is 17.9. The molecule has 0 spiro atoms. The molecular formula is C21H23FN2O2. The maximum Gasteiger partial charge on any atom is 0.197 e. The minimum Gasteiger partial charge on any atom is -0.379 e. The lowest BCUT2D eigenvalue weighted by Gasteiger charge is -2.26. The van der Waals surface area contributed by atoms with Crippen LogP contribution in [0.15, 0.2) is 47.3 Å². The number of morpholine rings is 1. The summed E-state index contributed by atoms with van der Waals surface area (Å²) in [7, 11) is 0. The van der Waals surface area contributed by atoms with Crippen LogP contribution in [-0.4, -0.2) is 42.3 Å². The van der Waals surface area contributed by atoms with Crippen LogP contribution in [0.2, 0.25) is 0 Å². The maximum absolute atomic E-state index is 14.6. The van der Waals surface area contributed by atoms with Gasteiger partial charge in [0.25, 0.3) is 0 Å². The predicted molar refractivity (Wildman–Crippen MR) is 102 cm³/mol. The zero-order valence-electron chi connectivity index (χ0n) is 14.8. The van der Waals surface area contributed by atoms with E-state index in [1.54, 1.807) is 12.1 Å². The van der Waals surface area contributed by atoms with E-state index in [2.05, 4.69) is 4.90 Å². The number of benzene rings is 2. The average Bonchev–Trinajstić information content (AvgIpc) is 2.68. The predicted octanol–water partition coefficient (Wildman–Crippen LogP) is 3.41. The van der Waals surface area contributed by atoms with Crippen LogP contribution in [-0.2, 0) is 11.3 Å². The van der Waals surface area contributed by atoms with Gasteiger partial charge in [0, 0.05) is 30.4 Å². The Balaban J connectivity index is 1.64. The molecule has 0 saturated carbocycles. The molecular weight excluding hydrogens is 331 g/mol. The Kier molecular flexibility index (Phi) is 5.00. The van der Waals surface area contributed by atoms with E-state index < -0.39 is 0 Å². The quantitative estimate of drug-likeness (QED) is 0.520. The van der Waals surface area contributed by atoms with Gasteiger partial charge in [0.2, 0.25) is 0 Å². The number of hydrogen-bond donors (Lipinski definition) is 0. The third kappa shape index (κ3) is 3.24. The molecule has 1 aliphatic rings. The highest BCUT2D eigenvalue weighted by Gasteiger charge is 2.14. The second-order valence-corrected chi connectivity index (χ2v) is 6.80. The molecule has 136 valence electrons. The van der Waals surface area contributed by atoms with Crippen molar-refractivity contribution in [1.82, 2.24) is 9.47 Å². The van der Waals surface area contributed by atoms with E-state index in [1.807, 2.05) is 28.8 Å². The molecule has 1 fully saturated rings. The SMILES string of the molecule is O=c1c2ccccc2n(CCCCN2CCOCC2)c2c(F)cccc12. The molecule has 0 amide bonds. The summed E-state index contributed by atoms with van der Waals surface area (Å²) >= 11 is 0. The largest absolute Gasteiger partial charge is 0.379 e. The first kappa shape index (κ1) is 17.2. The lowest BCUT2D eigenvalue weighted by atomic mass is 10.1. The van der Waals surface area contributed by atoms with Gasteiger partial charge in [-0.1, -0.05) is 18.2 Å². The van der Waals surface area contributed by atoms with Crippen LogP contribution < -0.4 is 5.43 Å². The number of aromatic nitrogens is 1. The van der Waals surface area contributed by atoms with Crippen LogP contribution in [0.3, 0.4) is 0 Å². The zero-order valence-corrected chi connectivity index (χ0v) is 14.8.